The molecule has 2 aromatic rings. The molecule has 0 saturated carbocycles. The summed E-state index contributed by atoms with van der Waals surface area (Å²) in [6, 6.07) is 5.30. The fraction of sp³-hybridized carbons (Fsp3) is 0.250. The third kappa shape index (κ3) is 3.69. The number of carbonyl (C=O) groups excluding carboxylic acids is 1. The number of nitrogens with zero attached hydrogens (tertiary/aromatic N) is 3. The van der Waals surface area contributed by atoms with Gasteiger partial charge in [-0.15, -0.1) is 0 Å². The fourth-order valence-electron chi connectivity index (χ4n) is 2.63. The molecule has 0 N–H and O–H groups in total. The number of hydrogen-bond acceptors (Lipinski definition) is 4. The molecule has 0 spiro atoms. The molecule has 0 unspecified atom stereocenters. The summed E-state index contributed by atoms with van der Waals surface area (Å²) in [6.07, 6.45) is 1.34. The summed E-state index contributed by atoms with van der Waals surface area (Å²) >= 11 is 5.69. The fourth-order valence-corrected chi connectivity index (χ4v) is 4.24. The minimum atomic E-state index is -4.18. The number of aromatic nitrogens is 1. The van der Waals surface area contributed by atoms with Crippen molar-refractivity contribution >= 4 is 27.5 Å². The van der Waals surface area contributed by atoms with Crippen LogP contribution in [0.1, 0.15) is 10.4 Å². The average Bonchev–Trinajstić information content (AvgIpc) is 2.64. The Hall–Kier alpha value is -2.10. The van der Waals surface area contributed by atoms with Crippen LogP contribution in [0.25, 0.3) is 0 Å². The van der Waals surface area contributed by atoms with E-state index in [1.54, 1.807) is 0 Å². The van der Waals surface area contributed by atoms with Crippen LogP contribution < -0.4 is 0 Å². The van der Waals surface area contributed by atoms with Crippen LogP contribution in [0.2, 0.25) is 5.15 Å². The Morgan fingerprint density at radius 2 is 1.77 bits per heavy atom. The van der Waals surface area contributed by atoms with Crippen LogP contribution in [-0.2, 0) is 10.0 Å². The molecule has 0 radical (unpaired) electrons. The van der Waals surface area contributed by atoms with Crippen molar-refractivity contribution in [3.05, 3.63) is 58.9 Å². The van der Waals surface area contributed by atoms with E-state index in [1.807, 2.05) is 0 Å². The van der Waals surface area contributed by atoms with Crippen molar-refractivity contribution in [1.29, 1.82) is 0 Å². The Bertz CT molecular complexity index is 930. The number of rotatable bonds is 3. The smallest absolute Gasteiger partial charge is 0.255 e. The highest BCUT2D eigenvalue weighted by atomic mass is 35.5. The van der Waals surface area contributed by atoms with Crippen molar-refractivity contribution in [3.63, 3.8) is 0 Å². The second-order valence-corrected chi connectivity index (χ2v) is 7.93. The van der Waals surface area contributed by atoms with Crippen LogP contribution >= 0.6 is 11.6 Å². The van der Waals surface area contributed by atoms with E-state index in [0.29, 0.717) is 11.6 Å². The first-order chi connectivity index (χ1) is 12.3. The van der Waals surface area contributed by atoms with E-state index in [4.69, 9.17) is 11.6 Å². The van der Waals surface area contributed by atoms with E-state index in [-0.39, 0.29) is 37.2 Å². The number of hydrogen-bond donors (Lipinski definition) is 0. The lowest BCUT2D eigenvalue weighted by Gasteiger charge is -2.34. The summed E-state index contributed by atoms with van der Waals surface area (Å²) in [5, 5.41) is 0.259. The molecular formula is C16H14ClF2N3O3S. The van der Waals surface area contributed by atoms with Gasteiger partial charge in [0.25, 0.3) is 5.91 Å². The number of amides is 1. The summed E-state index contributed by atoms with van der Waals surface area (Å²) in [5.74, 6) is -2.16. The van der Waals surface area contributed by atoms with Crippen molar-refractivity contribution in [2.45, 2.75) is 4.90 Å². The molecule has 1 amide bonds. The van der Waals surface area contributed by atoms with Crippen molar-refractivity contribution in [2.75, 3.05) is 26.2 Å². The molecule has 26 heavy (non-hydrogen) atoms. The molecule has 0 aliphatic carbocycles. The lowest BCUT2D eigenvalue weighted by Crippen LogP contribution is -2.50. The number of pyridine rings is 1. The largest absolute Gasteiger partial charge is 0.336 e. The number of piperazine rings is 1. The topological polar surface area (TPSA) is 70.6 Å². The number of carbonyl (C=O) groups is 1. The highest BCUT2D eigenvalue weighted by Crippen LogP contribution is 2.22. The van der Waals surface area contributed by atoms with Crippen molar-refractivity contribution < 1.29 is 22.0 Å². The molecule has 0 atom stereocenters. The third-order valence-corrected chi connectivity index (χ3v) is 6.15. The highest BCUT2D eigenvalue weighted by molar-refractivity contribution is 7.89. The van der Waals surface area contributed by atoms with E-state index < -0.39 is 26.6 Å². The Morgan fingerprint density at radius 3 is 2.38 bits per heavy atom. The second kappa shape index (κ2) is 7.26. The second-order valence-electron chi connectivity index (χ2n) is 5.64. The molecule has 1 aliphatic heterocycles. The van der Waals surface area contributed by atoms with E-state index in [0.717, 1.165) is 16.4 Å². The zero-order valence-electron chi connectivity index (χ0n) is 13.4. The third-order valence-electron chi connectivity index (χ3n) is 4.01. The first kappa shape index (κ1) is 18.7. The van der Waals surface area contributed by atoms with Gasteiger partial charge in [0.2, 0.25) is 10.0 Å². The molecule has 1 aromatic carbocycles. The normalized spacial score (nSPS) is 15.9. The van der Waals surface area contributed by atoms with Crippen LogP contribution in [0.4, 0.5) is 8.78 Å². The predicted octanol–water partition coefficient (Wildman–Crippen LogP) is 2.16. The van der Waals surface area contributed by atoms with Gasteiger partial charge < -0.3 is 4.90 Å². The number of benzene rings is 1. The van der Waals surface area contributed by atoms with Crippen LogP contribution in [-0.4, -0.2) is 54.7 Å². The van der Waals surface area contributed by atoms with Crippen LogP contribution in [0.5, 0.6) is 0 Å². The summed E-state index contributed by atoms with van der Waals surface area (Å²) in [4.78, 5) is 17.0. The zero-order chi connectivity index (χ0) is 18.9. The van der Waals surface area contributed by atoms with Crippen molar-refractivity contribution in [3.8, 4) is 0 Å². The molecule has 2 heterocycles. The Morgan fingerprint density at radius 1 is 1.08 bits per heavy atom. The monoisotopic (exact) mass is 401 g/mol. The summed E-state index contributed by atoms with van der Waals surface area (Å²) in [7, 11) is -4.18. The molecular weight excluding hydrogens is 388 g/mol. The minimum absolute atomic E-state index is 0.0228. The maximum atomic E-state index is 13.8. The number of sulfonamides is 1. The molecule has 0 bridgehead atoms. The van der Waals surface area contributed by atoms with Crippen molar-refractivity contribution in [2.24, 2.45) is 0 Å². The lowest BCUT2D eigenvalue weighted by molar-refractivity contribution is 0.0697. The first-order valence-corrected chi connectivity index (χ1v) is 9.47. The Labute approximate surface area is 154 Å². The Balaban J connectivity index is 1.72. The molecule has 3 rings (SSSR count). The highest BCUT2D eigenvalue weighted by Gasteiger charge is 2.32. The van der Waals surface area contributed by atoms with Gasteiger partial charge in [0.05, 0.1) is 5.56 Å². The maximum Gasteiger partial charge on any atom is 0.255 e. The van der Waals surface area contributed by atoms with Gasteiger partial charge in [-0.1, -0.05) is 11.6 Å². The Kier molecular flexibility index (Phi) is 5.22. The van der Waals surface area contributed by atoms with E-state index in [9.17, 15) is 22.0 Å². The zero-order valence-corrected chi connectivity index (χ0v) is 15.0. The van der Waals surface area contributed by atoms with Gasteiger partial charge in [-0.3, -0.25) is 4.79 Å². The SMILES string of the molecule is O=C(c1ccc(Cl)nc1)N1CCN(S(=O)(=O)c2cc(F)ccc2F)CC1. The van der Waals surface area contributed by atoms with Gasteiger partial charge in [0, 0.05) is 32.4 Å². The molecule has 10 heteroatoms. The van der Waals surface area contributed by atoms with Gasteiger partial charge in [-0.2, -0.15) is 4.31 Å². The van der Waals surface area contributed by atoms with E-state index in [1.165, 1.54) is 23.2 Å². The maximum absolute atomic E-state index is 13.8. The summed E-state index contributed by atoms with van der Waals surface area (Å²) < 4.78 is 53.2. The van der Waals surface area contributed by atoms with Gasteiger partial charge in [-0.05, 0) is 30.3 Å². The van der Waals surface area contributed by atoms with Gasteiger partial charge >= 0.3 is 0 Å². The molecule has 1 saturated heterocycles. The molecule has 1 aromatic heterocycles. The minimum Gasteiger partial charge on any atom is -0.336 e. The summed E-state index contributed by atoms with van der Waals surface area (Å²) in [5.41, 5.74) is 0.335. The molecule has 6 nitrogen and oxygen atoms in total. The quantitative estimate of drug-likeness (QED) is 0.739. The first-order valence-electron chi connectivity index (χ1n) is 7.65. The average molecular weight is 402 g/mol. The standard InChI is InChI=1S/C16H14ClF2N3O3S/c17-15-4-1-11(10-20-15)16(23)21-5-7-22(8-6-21)26(24,25)14-9-12(18)2-3-13(14)19/h1-4,9-10H,5-8H2. The lowest BCUT2D eigenvalue weighted by atomic mass is 10.2. The number of halogens is 3. The van der Waals surface area contributed by atoms with Gasteiger partial charge in [0.1, 0.15) is 21.7 Å². The molecule has 1 fully saturated rings. The van der Waals surface area contributed by atoms with Crippen LogP contribution in [0.3, 0.4) is 0 Å². The van der Waals surface area contributed by atoms with Crippen molar-refractivity contribution in [1.82, 2.24) is 14.2 Å². The van der Waals surface area contributed by atoms with Gasteiger partial charge in [0.15, 0.2) is 0 Å². The van der Waals surface area contributed by atoms with E-state index in [2.05, 4.69) is 4.98 Å². The summed E-state index contributed by atoms with van der Waals surface area (Å²) in [6.45, 7) is 0.200. The van der Waals surface area contributed by atoms with Gasteiger partial charge in [-0.25, -0.2) is 22.2 Å². The molecule has 1 aliphatic rings. The van der Waals surface area contributed by atoms with Crippen LogP contribution in [0.15, 0.2) is 41.4 Å². The van der Waals surface area contributed by atoms with E-state index >= 15 is 0 Å². The molecule has 138 valence electrons. The van der Waals surface area contributed by atoms with Crippen LogP contribution in [0, 0.1) is 11.6 Å². The predicted molar refractivity (Wildman–Crippen MR) is 90.3 cm³/mol.